The molecule has 1 aliphatic rings. The minimum absolute atomic E-state index is 0.164. The maximum Gasteiger partial charge on any atom is 0.323 e. The van der Waals surface area contributed by atoms with Gasteiger partial charge in [-0.05, 0) is 12.5 Å². The molecule has 4 nitrogen and oxygen atoms in total. The quantitative estimate of drug-likeness (QED) is 0.440. The van der Waals surface area contributed by atoms with Gasteiger partial charge in [-0.1, -0.05) is 52.4 Å². The van der Waals surface area contributed by atoms with Crippen LogP contribution in [0.2, 0.25) is 0 Å². The second kappa shape index (κ2) is 7.95. The van der Waals surface area contributed by atoms with E-state index in [1.807, 2.05) is 31.2 Å². The highest BCUT2D eigenvalue weighted by Crippen LogP contribution is 2.25. The molecule has 1 heterocycles. The van der Waals surface area contributed by atoms with Crippen LogP contribution in [-0.4, -0.2) is 50.3 Å². The number of carbonyl (C=O) groups excluding carboxylic acids is 1. The predicted molar refractivity (Wildman–Crippen MR) is 86.2 cm³/mol. The first-order chi connectivity index (χ1) is 9.66. The number of alkyl halides is 1. The molecule has 1 atom stereocenters. The summed E-state index contributed by atoms with van der Waals surface area (Å²) in [7, 11) is 0. The molecule has 0 amide bonds. The standard InChI is InChI=1S/C15H20INO3/c1-12-2-4-13(5-3-12)14(16)15(18)20-11-8-17-6-9-19-10-7-17/h2-5,14H,6-11H2,1H3. The van der Waals surface area contributed by atoms with E-state index in [2.05, 4.69) is 27.5 Å². The number of aryl methyl sites for hydroxylation is 1. The van der Waals surface area contributed by atoms with Gasteiger partial charge in [0.15, 0.2) is 0 Å². The van der Waals surface area contributed by atoms with Gasteiger partial charge in [0, 0.05) is 19.6 Å². The molecule has 1 unspecified atom stereocenters. The van der Waals surface area contributed by atoms with Gasteiger partial charge in [-0.3, -0.25) is 9.69 Å². The van der Waals surface area contributed by atoms with Gasteiger partial charge >= 0.3 is 5.97 Å². The highest BCUT2D eigenvalue weighted by Gasteiger charge is 2.19. The van der Waals surface area contributed by atoms with E-state index in [-0.39, 0.29) is 9.89 Å². The number of nitrogens with zero attached hydrogens (tertiary/aromatic N) is 1. The average molecular weight is 389 g/mol. The lowest BCUT2D eigenvalue weighted by atomic mass is 10.1. The van der Waals surface area contributed by atoms with Gasteiger partial charge in [0.1, 0.15) is 10.5 Å². The zero-order valence-electron chi connectivity index (χ0n) is 11.7. The molecule has 0 saturated carbocycles. The molecule has 1 saturated heterocycles. The number of halogens is 1. The number of benzene rings is 1. The summed E-state index contributed by atoms with van der Waals surface area (Å²) in [5.74, 6) is -0.164. The van der Waals surface area contributed by atoms with Crippen LogP contribution in [0, 0.1) is 6.92 Å². The Morgan fingerprint density at radius 2 is 2.00 bits per heavy atom. The zero-order valence-corrected chi connectivity index (χ0v) is 13.8. The molecule has 5 heteroatoms. The molecule has 1 aromatic rings. The molecule has 0 radical (unpaired) electrons. The van der Waals surface area contributed by atoms with Crippen molar-refractivity contribution in [1.29, 1.82) is 0 Å². The second-order valence-corrected chi connectivity index (χ2v) is 6.14. The summed E-state index contributed by atoms with van der Waals surface area (Å²) < 4.78 is 10.4. The number of morpholine rings is 1. The van der Waals surface area contributed by atoms with Crippen molar-refractivity contribution in [1.82, 2.24) is 4.90 Å². The van der Waals surface area contributed by atoms with E-state index in [9.17, 15) is 4.79 Å². The van der Waals surface area contributed by atoms with E-state index < -0.39 is 0 Å². The number of hydrogen-bond donors (Lipinski definition) is 0. The van der Waals surface area contributed by atoms with E-state index in [0.29, 0.717) is 6.61 Å². The molecule has 20 heavy (non-hydrogen) atoms. The molecule has 0 bridgehead atoms. The van der Waals surface area contributed by atoms with Gasteiger partial charge in [0.25, 0.3) is 0 Å². The summed E-state index contributed by atoms with van der Waals surface area (Å²) in [6.45, 7) is 6.65. The van der Waals surface area contributed by atoms with Crippen LogP contribution >= 0.6 is 22.6 Å². The largest absolute Gasteiger partial charge is 0.463 e. The molecular weight excluding hydrogens is 369 g/mol. The summed E-state index contributed by atoms with van der Waals surface area (Å²) in [5.41, 5.74) is 2.19. The topological polar surface area (TPSA) is 38.8 Å². The van der Waals surface area contributed by atoms with Crippen molar-refractivity contribution in [2.45, 2.75) is 10.8 Å². The highest BCUT2D eigenvalue weighted by atomic mass is 127. The molecule has 1 fully saturated rings. The fourth-order valence-electron chi connectivity index (χ4n) is 2.04. The van der Waals surface area contributed by atoms with Gasteiger partial charge in [-0.25, -0.2) is 0 Å². The molecular formula is C15H20INO3. The Morgan fingerprint density at radius 3 is 2.65 bits per heavy atom. The fraction of sp³-hybridized carbons (Fsp3) is 0.533. The maximum absolute atomic E-state index is 12.0. The van der Waals surface area contributed by atoms with E-state index in [1.165, 1.54) is 5.56 Å². The van der Waals surface area contributed by atoms with Crippen molar-refractivity contribution in [2.24, 2.45) is 0 Å². The summed E-state index contributed by atoms with van der Waals surface area (Å²) in [6, 6.07) is 8.00. The van der Waals surface area contributed by atoms with E-state index in [4.69, 9.17) is 9.47 Å². The van der Waals surface area contributed by atoms with Crippen molar-refractivity contribution in [3.8, 4) is 0 Å². The third-order valence-electron chi connectivity index (χ3n) is 3.33. The Bertz CT molecular complexity index is 429. The third kappa shape index (κ3) is 4.71. The normalized spacial score (nSPS) is 17.7. The Kier molecular flexibility index (Phi) is 6.25. The molecule has 0 aromatic heterocycles. The minimum Gasteiger partial charge on any atom is -0.463 e. The van der Waals surface area contributed by atoms with Crippen LogP contribution < -0.4 is 0 Å². The highest BCUT2D eigenvalue weighted by molar-refractivity contribution is 14.1. The van der Waals surface area contributed by atoms with Crippen LogP contribution in [0.3, 0.4) is 0 Å². The smallest absolute Gasteiger partial charge is 0.323 e. The Hall–Kier alpha value is -0.660. The van der Waals surface area contributed by atoms with Crippen molar-refractivity contribution in [3.63, 3.8) is 0 Å². The number of rotatable bonds is 5. The van der Waals surface area contributed by atoms with Crippen molar-refractivity contribution in [3.05, 3.63) is 35.4 Å². The number of esters is 1. The van der Waals surface area contributed by atoms with Crippen LogP contribution in [0.1, 0.15) is 15.1 Å². The minimum atomic E-state index is -0.238. The lowest BCUT2D eigenvalue weighted by molar-refractivity contribution is -0.143. The first kappa shape index (κ1) is 15.7. The van der Waals surface area contributed by atoms with E-state index >= 15 is 0 Å². The second-order valence-electron chi connectivity index (χ2n) is 4.89. The Balaban J connectivity index is 1.74. The van der Waals surface area contributed by atoms with Crippen LogP contribution in [-0.2, 0) is 14.3 Å². The van der Waals surface area contributed by atoms with Crippen LogP contribution in [0.5, 0.6) is 0 Å². The van der Waals surface area contributed by atoms with Gasteiger partial charge < -0.3 is 9.47 Å². The Morgan fingerprint density at radius 1 is 1.35 bits per heavy atom. The number of ether oxygens (including phenoxy) is 2. The summed E-state index contributed by atoms with van der Waals surface area (Å²) in [5, 5.41) is 0. The first-order valence-electron chi connectivity index (χ1n) is 6.84. The van der Waals surface area contributed by atoms with Crippen LogP contribution in [0.15, 0.2) is 24.3 Å². The van der Waals surface area contributed by atoms with E-state index in [0.717, 1.165) is 38.4 Å². The van der Waals surface area contributed by atoms with Gasteiger partial charge in [0.05, 0.1) is 13.2 Å². The lowest BCUT2D eigenvalue weighted by Gasteiger charge is -2.26. The fourth-order valence-corrected chi connectivity index (χ4v) is 2.64. The monoisotopic (exact) mass is 389 g/mol. The zero-order chi connectivity index (χ0) is 14.4. The molecule has 0 aliphatic carbocycles. The number of hydrogen-bond acceptors (Lipinski definition) is 4. The summed E-state index contributed by atoms with van der Waals surface area (Å²) in [4.78, 5) is 14.3. The van der Waals surface area contributed by atoms with Crippen LogP contribution in [0.25, 0.3) is 0 Å². The van der Waals surface area contributed by atoms with Gasteiger partial charge in [-0.15, -0.1) is 0 Å². The SMILES string of the molecule is Cc1ccc(C(I)C(=O)OCCN2CCOCC2)cc1. The maximum atomic E-state index is 12.0. The van der Waals surface area contributed by atoms with E-state index in [1.54, 1.807) is 0 Å². The lowest BCUT2D eigenvalue weighted by Crippen LogP contribution is -2.38. The average Bonchev–Trinajstić information content (AvgIpc) is 2.48. The molecule has 1 aromatic carbocycles. The third-order valence-corrected chi connectivity index (χ3v) is 4.56. The van der Waals surface area contributed by atoms with Crippen molar-refractivity contribution >= 4 is 28.6 Å². The van der Waals surface area contributed by atoms with Gasteiger partial charge in [-0.2, -0.15) is 0 Å². The predicted octanol–water partition coefficient (Wildman–Crippen LogP) is 2.35. The molecule has 0 spiro atoms. The molecule has 110 valence electrons. The molecule has 1 aliphatic heterocycles. The summed E-state index contributed by atoms with van der Waals surface area (Å²) in [6.07, 6.45) is 0. The first-order valence-corrected chi connectivity index (χ1v) is 8.09. The van der Waals surface area contributed by atoms with Crippen molar-refractivity contribution < 1.29 is 14.3 Å². The van der Waals surface area contributed by atoms with Crippen LogP contribution in [0.4, 0.5) is 0 Å². The Labute approximate surface area is 133 Å². The number of carbonyl (C=O) groups is 1. The molecule has 0 N–H and O–H groups in total. The van der Waals surface area contributed by atoms with Crippen molar-refractivity contribution in [2.75, 3.05) is 39.5 Å². The summed E-state index contributed by atoms with van der Waals surface area (Å²) >= 11 is 2.13. The van der Waals surface area contributed by atoms with Gasteiger partial charge in [0.2, 0.25) is 0 Å². The molecule has 2 rings (SSSR count).